The van der Waals surface area contributed by atoms with Crippen molar-refractivity contribution in [2.75, 3.05) is 36.9 Å². The van der Waals surface area contributed by atoms with Gasteiger partial charge in [-0.25, -0.2) is 4.79 Å². The average molecular weight is 380 g/mol. The first-order valence-corrected chi connectivity index (χ1v) is 8.78. The highest BCUT2D eigenvalue weighted by Crippen LogP contribution is 2.25. The maximum Gasteiger partial charge on any atom is 0.323 e. The first-order chi connectivity index (χ1) is 12.1. The van der Waals surface area contributed by atoms with Crippen LogP contribution in [-0.2, 0) is 11.3 Å². The number of hydrogen-bond acceptors (Lipinski definition) is 3. The van der Waals surface area contributed by atoms with Crippen LogP contribution in [0.5, 0.6) is 0 Å². The summed E-state index contributed by atoms with van der Waals surface area (Å²) in [6.45, 7) is 4.35. The van der Waals surface area contributed by atoms with E-state index in [1.807, 2.05) is 24.3 Å². The Morgan fingerprint density at radius 3 is 2.44 bits per heavy atom. The molecule has 1 aliphatic heterocycles. The van der Waals surface area contributed by atoms with Gasteiger partial charge in [0.05, 0.1) is 23.9 Å². The Morgan fingerprint density at radius 2 is 1.76 bits per heavy atom. The van der Waals surface area contributed by atoms with Crippen LogP contribution in [-0.4, -0.2) is 37.2 Å². The zero-order chi connectivity index (χ0) is 17.6. The molecular weight excluding hydrogens is 361 g/mol. The lowest BCUT2D eigenvalue weighted by atomic mass is 10.2. The van der Waals surface area contributed by atoms with Gasteiger partial charge in [-0.1, -0.05) is 35.3 Å². The second-order valence-electron chi connectivity index (χ2n) is 5.79. The smallest absolute Gasteiger partial charge is 0.323 e. The van der Waals surface area contributed by atoms with Crippen molar-refractivity contribution in [2.24, 2.45) is 0 Å². The molecular formula is C18H19Cl2N3O2. The van der Waals surface area contributed by atoms with Gasteiger partial charge in [0.1, 0.15) is 0 Å². The van der Waals surface area contributed by atoms with Crippen molar-refractivity contribution in [3.8, 4) is 0 Å². The number of amides is 2. The van der Waals surface area contributed by atoms with Gasteiger partial charge in [0, 0.05) is 30.3 Å². The molecule has 2 amide bonds. The van der Waals surface area contributed by atoms with Gasteiger partial charge in [-0.15, -0.1) is 0 Å². The van der Waals surface area contributed by atoms with Crippen LogP contribution < -0.4 is 10.6 Å². The molecule has 0 spiro atoms. The SMILES string of the molecule is O=C(Nc1ccc(CN2CCOCC2)cc1)Nc1ccc(Cl)cc1Cl. The van der Waals surface area contributed by atoms with Gasteiger partial charge in [0.15, 0.2) is 0 Å². The summed E-state index contributed by atoms with van der Waals surface area (Å²) in [6.07, 6.45) is 0. The lowest BCUT2D eigenvalue weighted by Gasteiger charge is -2.26. The predicted molar refractivity (Wildman–Crippen MR) is 102 cm³/mol. The number of urea groups is 1. The van der Waals surface area contributed by atoms with Crippen molar-refractivity contribution in [3.63, 3.8) is 0 Å². The molecule has 0 unspecified atom stereocenters. The molecule has 25 heavy (non-hydrogen) atoms. The first kappa shape index (κ1) is 18.0. The molecule has 1 fully saturated rings. The van der Waals surface area contributed by atoms with Gasteiger partial charge in [0.2, 0.25) is 0 Å². The van der Waals surface area contributed by atoms with Crippen molar-refractivity contribution in [3.05, 3.63) is 58.1 Å². The number of halogens is 2. The molecule has 0 aliphatic carbocycles. The molecule has 0 atom stereocenters. The largest absolute Gasteiger partial charge is 0.379 e. The van der Waals surface area contributed by atoms with Crippen LogP contribution in [0.15, 0.2) is 42.5 Å². The molecule has 0 bridgehead atoms. The number of nitrogens with zero attached hydrogens (tertiary/aromatic N) is 1. The van der Waals surface area contributed by atoms with Gasteiger partial charge in [-0.3, -0.25) is 4.90 Å². The lowest BCUT2D eigenvalue weighted by Crippen LogP contribution is -2.35. The van der Waals surface area contributed by atoms with Crippen molar-refractivity contribution >= 4 is 40.6 Å². The Labute approximate surface area is 156 Å². The molecule has 7 heteroatoms. The van der Waals surface area contributed by atoms with E-state index in [9.17, 15) is 4.79 Å². The third-order valence-electron chi connectivity index (χ3n) is 3.90. The Bertz CT molecular complexity index is 732. The zero-order valence-corrected chi connectivity index (χ0v) is 15.1. The van der Waals surface area contributed by atoms with E-state index in [0.29, 0.717) is 21.4 Å². The highest BCUT2D eigenvalue weighted by Gasteiger charge is 2.11. The molecule has 1 heterocycles. The van der Waals surface area contributed by atoms with Crippen LogP contribution >= 0.6 is 23.2 Å². The average Bonchev–Trinajstić information content (AvgIpc) is 2.60. The number of nitrogens with one attached hydrogen (secondary N) is 2. The molecule has 0 saturated carbocycles. The van der Waals surface area contributed by atoms with Crippen LogP contribution in [0.3, 0.4) is 0 Å². The molecule has 132 valence electrons. The second kappa shape index (κ2) is 8.54. The molecule has 1 aliphatic rings. The van der Waals surface area contributed by atoms with E-state index in [2.05, 4.69) is 15.5 Å². The summed E-state index contributed by atoms with van der Waals surface area (Å²) in [7, 11) is 0. The summed E-state index contributed by atoms with van der Waals surface area (Å²) in [5, 5.41) is 6.40. The Morgan fingerprint density at radius 1 is 1.04 bits per heavy atom. The van der Waals surface area contributed by atoms with Crippen molar-refractivity contribution in [2.45, 2.75) is 6.54 Å². The van der Waals surface area contributed by atoms with E-state index in [4.69, 9.17) is 27.9 Å². The molecule has 5 nitrogen and oxygen atoms in total. The van der Waals surface area contributed by atoms with Crippen LogP contribution in [0.25, 0.3) is 0 Å². The topological polar surface area (TPSA) is 53.6 Å². The van der Waals surface area contributed by atoms with Crippen molar-refractivity contribution in [1.29, 1.82) is 0 Å². The van der Waals surface area contributed by atoms with Crippen LogP contribution in [0.2, 0.25) is 10.0 Å². The molecule has 3 rings (SSSR count). The molecule has 1 saturated heterocycles. The van der Waals surface area contributed by atoms with Gasteiger partial charge in [-0.05, 0) is 35.9 Å². The predicted octanol–water partition coefficient (Wildman–Crippen LogP) is 4.47. The number of carbonyl (C=O) groups is 1. The van der Waals surface area contributed by atoms with Gasteiger partial charge in [-0.2, -0.15) is 0 Å². The zero-order valence-electron chi connectivity index (χ0n) is 13.6. The fourth-order valence-corrected chi connectivity index (χ4v) is 3.04. The van der Waals surface area contributed by atoms with Crippen LogP contribution in [0, 0.1) is 0 Å². The molecule has 0 aromatic heterocycles. The minimum atomic E-state index is -0.356. The summed E-state index contributed by atoms with van der Waals surface area (Å²) >= 11 is 11.9. The van der Waals surface area contributed by atoms with E-state index in [-0.39, 0.29) is 6.03 Å². The number of anilines is 2. The van der Waals surface area contributed by atoms with Gasteiger partial charge >= 0.3 is 6.03 Å². The Kier molecular flexibility index (Phi) is 6.15. The van der Waals surface area contributed by atoms with Crippen LogP contribution in [0.4, 0.5) is 16.2 Å². The number of carbonyl (C=O) groups excluding carboxylic acids is 1. The lowest BCUT2D eigenvalue weighted by molar-refractivity contribution is 0.0342. The third kappa shape index (κ3) is 5.34. The van der Waals surface area contributed by atoms with Crippen molar-refractivity contribution in [1.82, 2.24) is 4.90 Å². The first-order valence-electron chi connectivity index (χ1n) is 8.02. The monoisotopic (exact) mass is 379 g/mol. The van der Waals surface area contributed by atoms with E-state index < -0.39 is 0 Å². The maximum absolute atomic E-state index is 12.1. The third-order valence-corrected chi connectivity index (χ3v) is 4.45. The molecule has 2 N–H and O–H groups in total. The minimum absolute atomic E-state index is 0.356. The number of ether oxygens (including phenoxy) is 1. The van der Waals surface area contributed by atoms with Crippen LogP contribution in [0.1, 0.15) is 5.56 Å². The highest BCUT2D eigenvalue weighted by atomic mass is 35.5. The minimum Gasteiger partial charge on any atom is -0.379 e. The second-order valence-corrected chi connectivity index (χ2v) is 6.63. The Balaban J connectivity index is 1.54. The fraction of sp³-hybridized carbons (Fsp3) is 0.278. The van der Waals surface area contributed by atoms with Crippen molar-refractivity contribution < 1.29 is 9.53 Å². The molecule has 2 aromatic rings. The van der Waals surface area contributed by atoms with E-state index in [1.165, 1.54) is 5.56 Å². The quantitative estimate of drug-likeness (QED) is 0.823. The summed E-state index contributed by atoms with van der Waals surface area (Å²) in [6, 6.07) is 12.4. The maximum atomic E-state index is 12.1. The summed E-state index contributed by atoms with van der Waals surface area (Å²) < 4.78 is 5.35. The summed E-state index contributed by atoms with van der Waals surface area (Å²) in [5.74, 6) is 0. The highest BCUT2D eigenvalue weighted by molar-refractivity contribution is 6.36. The van der Waals surface area contributed by atoms with E-state index >= 15 is 0 Å². The summed E-state index contributed by atoms with van der Waals surface area (Å²) in [4.78, 5) is 14.4. The number of hydrogen-bond donors (Lipinski definition) is 2. The number of benzene rings is 2. The normalized spacial score (nSPS) is 15.0. The summed E-state index contributed by atoms with van der Waals surface area (Å²) in [5.41, 5.74) is 2.43. The van der Waals surface area contributed by atoms with Gasteiger partial charge in [0.25, 0.3) is 0 Å². The van der Waals surface area contributed by atoms with Gasteiger partial charge < -0.3 is 15.4 Å². The van der Waals surface area contributed by atoms with E-state index in [0.717, 1.165) is 32.8 Å². The number of morpholine rings is 1. The number of rotatable bonds is 4. The fourth-order valence-electron chi connectivity index (χ4n) is 2.59. The standard InChI is InChI=1S/C18H19Cl2N3O2/c19-14-3-6-17(16(20)11-14)22-18(24)21-15-4-1-13(2-5-15)12-23-7-9-25-10-8-23/h1-6,11H,7-10,12H2,(H2,21,22,24). The van der Waals surface area contributed by atoms with E-state index in [1.54, 1.807) is 18.2 Å². The molecule has 2 aromatic carbocycles. The Hall–Kier alpha value is -1.79. The molecule has 0 radical (unpaired) electrons.